The Balaban J connectivity index is 1.26. The summed E-state index contributed by atoms with van der Waals surface area (Å²) in [4.78, 5) is 37.9. The normalized spacial score (nSPS) is 21.6. The average Bonchev–Trinajstić information content (AvgIpc) is 3.70. The molecule has 0 aliphatic heterocycles. The zero-order chi connectivity index (χ0) is 29.9. The number of anilines is 2. The number of hydrogen-bond acceptors (Lipinski definition) is 3. The van der Waals surface area contributed by atoms with E-state index >= 15 is 0 Å². The van der Waals surface area contributed by atoms with E-state index in [4.69, 9.17) is 58.0 Å². The highest BCUT2D eigenvalue weighted by Gasteiger charge is 2.67. The molecule has 3 atom stereocenters. The van der Waals surface area contributed by atoms with Crippen LogP contribution in [0, 0.1) is 17.7 Å². The molecule has 3 aromatic rings. The Bertz CT molecular complexity index is 1580. The molecule has 0 saturated heterocycles. The van der Waals surface area contributed by atoms with Gasteiger partial charge in [0.25, 0.3) is 5.92 Å². The number of hydrogen-bond donors (Lipinski definition) is 2. The third kappa shape index (κ3) is 6.32. The molecule has 5 rings (SSSR count). The molecule has 0 spiro atoms. The van der Waals surface area contributed by atoms with E-state index in [1.807, 2.05) is 0 Å². The highest BCUT2D eigenvalue weighted by atomic mass is 35.5. The van der Waals surface area contributed by atoms with Crippen molar-refractivity contribution in [3.05, 3.63) is 92.2 Å². The Kier molecular flexibility index (Phi) is 8.02. The number of benzene rings is 3. The number of halogens is 8. The van der Waals surface area contributed by atoms with Crippen LogP contribution in [0.2, 0.25) is 15.1 Å². The maximum absolute atomic E-state index is 14.7. The molecule has 0 aromatic heterocycles. The standard InChI is InChI=1S/C28H18Cl5F3N2O3/c29-14-5-13(6-15(30)8-14)23-24(28(23,32)33)26(41)38-16-3-4-20(31)18(9-16)22(39)7-12-1-2-17(10-21(12)34)37-25(40)19-11-27(19,35)36/h1-6,8-10,19,23-24H,7,11H2,(H,37,40)(H,38,41). The molecule has 2 amide bonds. The Morgan fingerprint density at radius 2 is 1.44 bits per heavy atom. The lowest BCUT2D eigenvalue weighted by atomic mass is 10.0. The number of nitrogens with one attached hydrogen (secondary N) is 2. The van der Waals surface area contributed by atoms with Crippen LogP contribution in [0.5, 0.6) is 0 Å². The zero-order valence-electron chi connectivity index (χ0n) is 20.6. The average molecular weight is 665 g/mol. The lowest BCUT2D eigenvalue weighted by Gasteiger charge is -2.11. The highest BCUT2D eigenvalue weighted by Crippen LogP contribution is 2.65. The van der Waals surface area contributed by atoms with Gasteiger partial charge in [0.1, 0.15) is 16.1 Å². The van der Waals surface area contributed by atoms with Crippen molar-refractivity contribution in [2.24, 2.45) is 11.8 Å². The van der Waals surface area contributed by atoms with Crippen LogP contribution in [0.25, 0.3) is 0 Å². The Morgan fingerprint density at radius 3 is 2.05 bits per heavy atom. The first-order chi connectivity index (χ1) is 19.2. The van der Waals surface area contributed by atoms with Gasteiger partial charge in [-0.25, -0.2) is 13.2 Å². The molecule has 2 saturated carbocycles. The molecule has 2 N–H and O–H groups in total. The molecular weight excluding hydrogens is 647 g/mol. The summed E-state index contributed by atoms with van der Waals surface area (Å²) < 4.78 is 39.5. The predicted molar refractivity (Wildman–Crippen MR) is 153 cm³/mol. The number of carbonyl (C=O) groups is 3. The summed E-state index contributed by atoms with van der Waals surface area (Å²) in [5.74, 6) is -8.69. The molecule has 3 unspecified atom stereocenters. The number of alkyl halides is 4. The SMILES string of the molecule is O=C(Cc1ccc(NC(=O)C2CC2(F)F)cc1F)c1cc(NC(=O)C2C(c3cc(Cl)cc(Cl)c3)C2(Cl)Cl)ccc1Cl. The lowest BCUT2D eigenvalue weighted by molar-refractivity contribution is -0.119. The fourth-order valence-electron chi connectivity index (χ4n) is 4.62. The number of rotatable bonds is 8. The molecule has 0 bridgehead atoms. The molecule has 13 heteroatoms. The third-order valence-corrected chi connectivity index (χ3v) is 8.63. The summed E-state index contributed by atoms with van der Waals surface area (Å²) in [7, 11) is 0. The molecule has 2 aliphatic carbocycles. The van der Waals surface area contributed by atoms with Crippen molar-refractivity contribution in [3.63, 3.8) is 0 Å². The first-order valence-corrected chi connectivity index (χ1v) is 14.0. The number of amides is 2. The van der Waals surface area contributed by atoms with Crippen LogP contribution in [0.15, 0.2) is 54.6 Å². The third-order valence-electron chi connectivity index (χ3n) is 6.93. The fourth-order valence-corrected chi connectivity index (χ4v) is 6.22. The van der Waals surface area contributed by atoms with E-state index in [1.54, 1.807) is 12.1 Å². The molecule has 2 aliphatic rings. The molecule has 41 heavy (non-hydrogen) atoms. The van der Waals surface area contributed by atoms with Crippen LogP contribution in [0.4, 0.5) is 24.5 Å². The molecule has 0 radical (unpaired) electrons. The monoisotopic (exact) mass is 662 g/mol. The molecule has 0 heterocycles. The van der Waals surface area contributed by atoms with Gasteiger partial charge in [-0.15, -0.1) is 23.2 Å². The van der Waals surface area contributed by atoms with Gasteiger partial charge in [0.2, 0.25) is 11.8 Å². The van der Waals surface area contributed by atoms with E-state index in [0.717, 1.165) is 6.07 Å². The minimum absolute atomic E-state index is 0.00896. The molecule has 214 valence electrons. The van der Waals surface area contributed by atoms with E-state index in [9.17, 15) is 27.6 Å². The first kappa shape index (κ1) is 30.0. The predicted octanol–water partition coefficient (Wildman–Crippen LogP) is 8.33. The highest BCUT2D eigenvalue weighted by molar-refractivity contribution is 6.53. The molecule has 5 nitrogen and oxygen atoms in total. The Hall–Kier alpha value is -2.49. The molecule has 2 fully saturated rings. The first-order valence-electron chi connectivity index (χ1n) is 12.1. The minimum atomic E-state index is -3.05. The summed E-state index contributed by atoms with van der Waals surface area (Å²) in [6.45, 7) is 0. The Labute approximate surface area is 257 Å². The van der Waals surface area contributed by atoms with Crippen LogP contribution >= 0.6 is 58.0 Å². The summed E-state index contributed by atoms with van der Waals surface area (Å²) >= 11 is 31.2. The van der Waals surface area contributed by atoms with Gasteiger partial charge in [0, 0.05) is 45.7 Å². The maximum Gasteiger partial charge on any atom is 0.260 e. The van der Waals surface area contributed by atoms with E-state index in [2.05, 4.69) is 10.6 Å². The van der Waals surface area contributed by atoms with Gasteiger partial charge in [0.15, 0.2) is 5.78 Å². The smallest absolute Gasteiger partial charge is 0.260 e. The second kappa shape index (κ2) is 11.0. The van der Waals surface area contributed by atoms with Crippen molar-refractivity contribution < 1.29 is 27.6 Å². The van der Waals surface area contributed by atoms with Crippen molar-refractivity contribution >= 4 is 87.0 Å². The van der Waals surface area contributed by atoms with Gasteiger partial charge in [-0.05, 0) is 59.7 Å². The van der Waals surface area contributed by atoms with Crippen molar-refractivity contribution in [2.45, 2.75) is 29.0 Å². The van der Waals surface area contributed by atoms with Crippen LogP contribution in [-0.4, -0.2) is 27.9 Å². The summed E-state index contributed by atoms with van der Waals surface area (Å²) in [5.41, 5.74) is 0.830. The summed E-state index contributed by atoms with van der Waals surface area (Å²) in [5, 5.41) is 5.73. The maximum atomic E-state index is 14.7. The summed E-state index contributed by atoms with van der Waals surface area (Å²) in [6.07, 6.45) is -0.949. The van der Waals surface area contributed by atoms with Gasteiger partial charge >= 0.3 is 0 Å². The van der Waals surface area contributed by atoms with Crippen molar-refractivity contribution in [1.29, 1.82) is 0 Å². The quantitative estimate of drug-likeness (QED) is 0.188. The lowest BCUT2D eigenvalue weighted by Crippen LogP contribution is -2.18. The van der Waals surface area contributed by atoms with Crippen LogP contribution in [-0.2, 0) is 16.0 Å². The Morgan fingerprint density at radius 1 is 0.854 bits per heavy atom. The van der Waals surface area contributed by atoms with E-state index < -0.39 is 64.3 Å². The van der Waals surface area contributed by atoms with E-state index in [-0.39, 0.29) is 27.5 Å². The fraction of sp³-hybridized carbons (Fsp3) is 0.250. The van der Waals surface area contributed by atoms with Gasteiger partial charge in [0.05, 0.1) is 10.9 Å². The van der Waals surface area contributed by atoms with Gasteiger partial charge in [-0.3, -0.25) is 14.4 Å². The van der Waals surface area contributed by atoms with Crippen molar-refractivity contribution in [3.8, 4) is 0 Å². The van der Waals surface area contributed by atoms with E-state index in [1.165, 1.54) is 36.4 Å². The second-order valence-corrected chi connectivity index (χ2v) is 12.7. The largest absolute Gasteiger partial charge is 0.326 e. The molecular formula is C28H18Cl5F3N2O3. The minimum Gasteiger partial charge on any atom is -0.326 e. The molecule has 3 aromatic carbocycles. The van der Waals surface area contributed by atoms with Crippen LogP contribution in [0.1, 0.15) is 33.8 Å². The van der Waals surface area contributed by atoms with Gasteiger partial charge < -0.3 is 10.6 Å². The van der Waals surface area contributed by atoms with Crippen LogP contribution < -0.4 is 10.6 Å². The van der Waals surface area contributed by atoms with Crippen molar-refractivity contribution in [1.82, 2.24) is 0 Å². The zero-order valence-corrected chi connectivity index (χ0v) is 24.4. The number of carbonyl (C=O) groups excluding carboxylic acids is 3. The number of Topliss-reactive ketones (excluding diaryl/α,β-unsaturated/α-hetero) is 1. The topological polar surface area (TPSA) is 75.3 Å². The van der Waals surface area contributed by atoms with Gasteiger partial charge in [-0.2, -0.15) is 0 Å². The van der Waals surface area contributed by atoms with E-state index in [0.29, 0.717) is 15.6 Å². The van der Waals surface area contributed by atoms with Crippen molar-refractivity contribution in [2.75, 3.05) is 10.6 Å². The number of ketones is 1. The van der Waals surface area contributed by atoms with Gasteiger partial charge in [-0.1, -0.05) is 40.9 Å². The summed E-state index contributed by atoms with van der Waals surface area (Å²) in [6, 6.07) is 12.5. The second-order valence-electron chi connectivity index (χ2n) is 9.93. The van der Waals surface area contributed by atoms with Crippen LogP contribution in [0.3, 0.4) is 0 Å².